The van der Waals surface area contributed by atoms with Gasteiger partial charge in [-0.2, -0.15) is 0 Å². The van der Waals surface area contributed by atoms with Gasteiger partial charge in [0.25, 0.3) is 0 Å². The molecule has 1 aromatic rings. The van der Waals surface area contributed by atoms with E-state index in [9.17, 15) is 4.79 Å². The molecule has 1 N–H and O–H groups in total. The van der Waals surface area contributed by atoms with E-state index >= 15 is 0 Å². The van der Waals surface area contributed by atoms with Gasteiger partial charge in [0, 0.05) is 25.8 Å². The molecule has 0 atom stereocenters. The minimum absolute atomic E-state index is 0.110. The number of ether oxygens (including phenoxy) is 3. The fourth-order valence-corrected chi connectivity index (χ4v) is 1.95. The monoisotopic (exact) mass is 305 g/mol. The molecular weight excluding hydrogens is 282 g/mol. The molecular formula is C17H23NO4. The van der Waals surface area contributed by atoms with Crippen LogP contribution in [0.25, 0.3) is 6.08 Å². The third kappa shape index (κ3) is 5.41. The molecule has 0 spiro atoms. The summed E-state index contributed by atoms with van der Waals surface area (Å²) in [4.78, 5) is 11.7. The molecule has 0 aromatic heterocycles. The summed E-state index contributed by atoms with van der Waals surface area (Å²) in [5.41, 5.74) is 0.902. The summed E-state index contributed by atoms with van der Waals surface area (Å²) in [5.74, 6) is 1.88. The lowest BCUT2D eigenvalue weighted by Crippen LogP contribution is -2.23. The molecule has 1 aliphatic rings. The Balaban J connectivity index is 1.66. The molecule has 0 saturated heterocycles. The van der Waals surface area contributed by atoms with E-state index in [0.29, 0.717) is 24.8 Å². The number of fused-ring (bicyclic) bond motifs is 1. The first-order chi connectivity index (χ1) is 10.6. The van der Waals surface area contributed by atoms with Crippen molar-refractivity contribution in [3.05, 3.63) is 29.8 Å². The number of hydrogen-bond acceptors (Lipinski definition) is 4. The fourth-order valence-electron chi connectivity index (χ4n) is 1.95. The predicted octanol–water partition coefficient (Wildman–Crippen LogP) is 2.61. The van der Waals surface area contributed by atoms with Gasteiger partial charge in [0.15, 0.2) is 11.5 Å². The Morgan fingerprint density at radius 3 is 3.00 bits per heavy atom. The fraction of sp³-hybridized carbons (Fsp3) is 0.471. The van der Waals surface area contributed by atoms with Crippen molar-refractivity contribution < 1.29 is 19.0 Å². The zero-order valence-corrected chi connectivity index (χ0v) is 13.1. The predicted molar refractivity (Wildman–Crippen MR) is 84.9 cm³/mol. The zero-order chi connectivity index (χ0) is 15.8. The second kappa shape index (κ2) is 8.44. The number of carbonyl (C=O) groups is 1. The molecule has 2 rings (SSSR count). The van der Waals surface area contributed by atoms with Crippen molar-refractivity contribution in [1.29, 1.82) is 0 Å². The summed E-state index contributed by atoms with van der Waals surface area (Å²) in [7, 11) is 0. The minimum Gasteiger partial charge on any atom is -0.454 e. The van der Waals surface area contributed by atoms with Crippen molar-refractivity contribution in [3.63, 3.8) is 0 Å². The van der Waals surface area contributed by atoms with Gasteiger partial charge in [-0.1, -0.05) is 19.9 Å². The largest absolute Gasteiger partial charge is 0.454 e. The molecule has 0 radical (unpaired) electrons. The molecule has 0 aliphatic carbocycles. The van der Waals surface area contributed by atoms with Gasteiger partial charge in [-0.05, 0) is 36.1 Å². The summed E-state index contributed by atoms with van der Waals surface area (Å²) in [6.45, 7) is 6.53. The lowest BCUT2D eigenvalue weighted by molar-refractivity contribution is -0.116. The van der Waals surface area contributed by atoms with E-state index in [-0.39, 0.29) is 12.7 Å². The van der Waals surface area contributed by atoms with Crippen LogP contribution in [0.5, 0.6) is 11.5 Å². The molecule has 120 valence electrons. The van der Waals surface area contributed by atoms with E-state index in [4.69, 9.17) is 14.2 Å². The van der Waals surface area contributed by atoms with E-state index in [1.54, 1.807) is 6.08 Å². The Morgan fingerprint density at radius 2 is 2.18 bits per heavy atom. The van der Waals surface area contributed by atoms with Crippen LogP contribution in [0.3, 0.4) is 0 Å². The first kappa shape index (κ1) is 16.4. The van der Waals surface area contributed by atoms with E-state index in [1.807, 2.05) is 18.2 Å². The maximum absolute atomic E-state index is 11.7. The number of hydrogen-bond donors (Lipinski definition) is 1. The van der Waals surface area contributed by atoms with Crippen LogP contribution in [0.1, 0.15) is 25.8 Å². The Kier molecular flexibility index (Phi) is 6.27. The van der Waals surface area contributed by atoms with E-state index < -0.39 is 0 Å². The topological polar surface area (TPSA) is 56.8 Å². The van der Waals surface area contributed by atoms with Crippen LogP contribution < -0.4 is 14.8 Å². The molecule has 5 heteroatoms. The Morgan fingerprint density at radius 1 is 1.36 bits per heavy atom. The second-order valence-electron chi connectivity index (χ2n) is 5.56. The number of nitrogens with one attached hydrogen (secondary N) is 1. The van der Waals surface area contributed by atoms with Crippen LogP contribution in [-0.2, 0) is 9.53 Å². The highest BCUT2D eigenvalue weighted by atomic mass is 16.7. The number of amides is 1. The summed E-state index contributed by atoms with van der Waals surface area (Å²) >= 11 is 0. The van der Waals surface area contributed by atoms with Gasteiger partial charge in [0.2, 0.25) is 12.7 Å². The van der Waals surface area contributed by atoms with E-state index in [1.165, 1.54) is 6.08 Å². The van der Waals surface area contributed by atoms with Gasteiger partial charge in [0.05, 0.1) is 0 Å². The highest BCUT2D eigenvalue weighted by molar-refractivity contribution is 5.91. The van der Waals surface area contributed by atoms with Crippen molar-refractivity contribution >= 4 is 12.0 Å². The average molecular weight is 305 g/mol. The molecule has 0 bridgehead atoms. The normalized spacial score (nSPS) is 13.0. The van der Waals surface area contributed by atoms with Gasteiger partial charge in [0.1, 0.15) is 0 Å². The quantitative estimate of drug-likeness (QED) is 0.592. The molecule has 0 saturated carbocycles. The smallest absolute Gasteiger partial charge is 0.244 e. The molecule has 1 amide bonds. The van der Waals surface area contributed by atoms with Crippen molar-refractivity contribution in [2.75, 3.05) is 26.6 Å². The number of carbonyl (C=O) groups excluding carboxylic acids is 1. The van der Waals surface area contributed by atoms with Crippen molar-refractivity contribution in [1.82, 2.24) is 5.32 Å². The van der Waals surface area contributed by atoms with Crippen LogP contribution in [0.4, 0.5) is 0 Å². The lowest BCUT2D eigenvalue weighted by Gasteiger charge is -2.06. The van der Waals surface area contributed by atoms with Gasteiger partial charge in [-0.3, -0.25) is 4.79 Å². The third-order valence-electron chi connectivity index (χ3n) is 3.04. The van der Waals surface area contributed by atoms with E-state index in [2.05, 4.69) is 19.2 Å². The average Bonchev–Trinajstić information content (AvgIpc) is 2.96. The lowest BCUT2D eigenvalue weighted by atomic mass is 10.2. The van der Waals surface area contributed by atoms with Crippen LogP contribution in [0, 0.1) is 5.92 Å². The SMILES string of the molecule is CC(C)COCCCNC(=O)/C=C/c1ccc2c(c1)OCO2. The van der Waals surface area contributed by atoms with Crippen LogP contribution in [-0.4, -0.2) is 32.5 Å². The Bertz CT molecular complexity index is 525. The van der Waals surface area contributed by atoms with E-state index in [0.717, 1.165) is 24.3 Å². The minimum atomic E-state index is -0.110. The van der Waals surface area contributed by atoms with Crippen molar-refractivity contribution in [2.24, 2.45) is 5.92 Å². The summed E-state index contributed by atoms with van der Waals surface area (Å²) < 4.78 is 16.0. The first-order valence-corrected chi connectivity index (χ1v) is 7.58. The number of benzene rings is 1. The Hall–Kier alpha value is -2.01. The highest BCUT2D eigenvalue weighted by Crippen LogP contribution is 2.32. The van der Waals surface area contributed by atoms with Crippen molar-refractivity contribution in [2.45, 2.75) is 20.3 Å². The Labute approximate surface area is 131 Å². The maximum atomic E-state index is 11.7. The standard InChI is InChI=1S/C17H23NO4/c1-13(2)11-20-9-3-8-18-17(19)7-5-14-4-6-15-16(10-14)22-12-21-15/h4-7,10,13H,3,8-9,11-12H2,1-2H3,(H,18,19)/b7-5+. The van der Waals surface area contributed by atoms with Gasteiger partial charge in [-0.15, -0.1) is 0 Å². The molecule has 1 aromatic carbocycles. The van der Waals surface area contributed by atoms with Crippen LogP contribution in [0.15, 0.2) is 24.3 Å². The molecule has 22 heavy (non-hydrogen) atoms. The number of rotatable bonds is 8. The molecule has 5 nitrogen and oxygen atoms in total. The molecule has 0 fully saturated rings. The molecule has 1 aliphatic heterocycles. The van der Waals surface area contributed by atoms with Crippen molar-refractivity contribution in [3.8, 4) is 11.5 Å². The summed E-state index contributed by atoms with van der Waals surface area (Å²) in [6, 6.07) is 5.58. The van der Waals surface area contributed by atoms with Crippen LogP contribution in [0.2, 0.25) is 0 Å². The summed E-state index contributed by atoms with van der Waals surface area (Å²) in [6.07, 6.45) is 4.09. The van der Waals surface area contributed by atoms with Gasteiger partial charge >= 0.3 is 0 Å². The van der Waals surface area contributed by atoms with Crippen LogP contribution >= 0.6 is 0 Å². The molecule has 1 heterocycles. The summed E-state index contributed by atoms with van der Waals surface area (Å²) in [5, 5.41) is 2.83. The maximum Gasteiger partial charge on any atom is 0.244 e. The molecule has 0 unspecified atom stereocenters. The zero-order valence-electron chi connectivity index (χ0n) is 13.1. The second-order valence-corrected chi connectivity index (χ2v) is 5.56. The first-order valence-electron chi connectivity index (χ1n) is 7.58. The highest BCUT2D eigenvalue weighted by Gasteiger charge is 2.12. The third-order valence-corrected chi connectivity index (χ3v) is 3.04. The van der Waals surface area contributed by atoms with Gasteiger partial charge in [-0.25, -0.2) is 0 Å². The van der Waals surface area contributed by atoms with Gasteiger partial charge < -0.3 is 19.5 Å².